The third-order valence-corrected chi connectivity index (χ3v) is 5.50. The van der Waals surface area contributed by atoms with Crippen molar-refractivity contribution in [2.75, 3.05) is 37.0 Å². The fraction of sp³-hybridized carbons (Fsp3) is 0.609. The summed E-state index contributed by atoms with van der Waals surface area (Å²) < 4.78 is 10.9. The van der Waals surface area contributed by atoms with Crippen LogP contribution in [-0.2, 0) is 14.3 Å². The number of carbonyl (C=O) groups is 3. The number of likely N-dealkylation sites (tertiary alicyclic amines) is 1. The fourth-order valence-corrected chi connectivity index (χ4v) is 3.97. The summed E-state index contributed by atoms with van der Waals surface area (Å²) in [6, 6.07) is 5.32. The fourth-order valence-electron chi connectivity index (χ4n) is 3.97. The zero-order valence-electron chi connectivity index (χ0n) is 18.9. The second-order valence-electron chi connectivity index (χ2n) is 9.14. The summed E-state index contributed by atoms with van der Waals surface area (Å²) in [6.45, 7) is 7.03. The van der Waals surface area contributed by atoms with Gasteiger partial charge in [-0.3, -0.25) is 9.59 Å². The summed E-state index contributed by atoms with van der Waals surface area (Å²) >= 11 is 0. The molecule has 31 heavy (non-hydrogen) atoms. The molecule has 3 rings (SSSR count). The predicted octanol–water partition coefficient (Wildman–Crippen LogP) is 3.80. The van der Waals surface area contributed by atoms with Crippen LogP contribution in [-0.4, -0.2) is 55.2 Å². The van der Waals surface area contributed by atoms with E-state index in [1.807, 2.05) is 20.8 Å². The summed E-state index contributed by atoms with van der Waals surface area (Å²) in [6.07, 6.45) is 3.41. The molecular weight excluding hydrogens is 398 g/mol. The first-order chi connectivity index (χ1) is 14.7. The highest BCUT2D eigenvalue weighted by molar-refractivity contribution is 5.98. The Morgan fingerprint density at radius 3 is 2.58 bits per heavy atom. The van der Waals surface area contributed by atoms with Gasteiger partial charge in [-0.05, 0) is 64.7 Å². The Balaban J connectivity index is 1.69. The Morgan fingerprint density at radius 2 is 1.90 bits per heavy atom. The Labute approximate surface area is 183 Å². The molecule has 2 aliphatic rings. The van der Waals surface area contributed by atoms with E-state index in [-0.39, 0.29) is 23.8 Å². The van der Waals surface area contributed by atoms with Crippen LogP contribution >= 0.6 is 0 Å². The van der Waals surface area contributed by atoms with Crippen LogP contribution in [0.25, 0.3) is 0 Å². The van der Waals surface area contributed by atoms with Gasteiger partial charge in [0.05, 0.1) is 18.7 Å². The lowest BCUT2D eigenvalue weighted by molar-refractivity contribution is -0.121. The van der Waals surface area contributed by atoms with Crippen molar-refractivity contribution in [1.82, 2.24) is 4.90 Å². The minimum Gasteiger partial charge on any atom is -0.495 e. The summed E-state index contributed by atoms with van der Waals surface area (Å²) in [5.41, 5.74) is 0.704. The SMILES string of the molecule is COc1ccc(NC(=O)C2CCCN(C(=O)OC(C)(C)C)C2)cc1N1CCCCC1=O. The van der Waals surface area contributed by atoms with Crippen LogP contribution in [0.15, 0.2) is 18.2 Å². The second-order valence-corrected chi connectivity index (χ2v) is 9.14. The minimum atomic E-state index is -0.572. The van der Waals surface area contributed by atoms with E-state index < -0.39 is 5.60 Å². The largest absolute Gasteiger partial charge is 0.495 e. The summed E-state index contributed by atoms with van der Waals surface area (Å²) in [7, 11) is 1.57. The number of amides is 3. The normalized spacial score (nSPS) is 19.7. The van der Waals surface area contributed by atoms with Gasteiger partial charge >= 0.3 is 6.09 Å². The average Bonchev–Trinajstić information content (AvgIpc) is 2.73. The molecule has 2 fully saturated rings. The number of ether oxygens (including phenoxy) is 2. The summed E-state index contributed by atoms with van der Waals surface area (Å²) in [4.78, 5) is 41.0. The van der Waals surface area contributed by atoms with Gasteiger partial charge in [-0.15, -0.1) is 0 Å². The van der Waals surface area contributed by atoms with Crippen LogP contribution in [0.3, 0.4) is 0 Å². The van der Waals surface area contributed by atoms with Crippen molar-refractivity contribution in [3.05, 3.63) is 18.2 Å². The van der Waals surface area contributed by atoms with Crippen molar-refractivity contribution in [3.63, 3.8) is 0 Å². The van der Waals surface area contributed by atoms with Crippen molar-refractivity contribution in [1.29, 1.82) is 0 Å². The molecule has 0 aromatic heterocycles. The Morgan fingerprint density at radius 1 is 1.13 bits per heavy atom. The molecule has 1 N–H and O–H groups in total. The highest BCUT2D eigenvalue weighted by atomic mass is 16.6. The number of rotatable bonds is 4. The maximum Gasteiger partial charge on any atom is 0.410 e. The zero-order valence-corrected chi connectivity index (χ0v) is 18.9. The summed E-state index contributed by atoms with van der Waals surface area (Å²) in [5.74, 6) is 0.202. The molecule has 3 amide bonds. The maximum atomic E-state index is 12.9. The number of hydrogen-bond acceptors (Lipinski definition) is 5. The lowest BCUT2D eigenvalue weighted by Crippen LogP contribution is -2.45. The number of piperidine rings is 2. The van der Waals surface area contributed by atoms with Gasteiger partial charge in [-0.1, -0.05) is 0 Å². The van der Waals surface area contributed by atoms with Gasteiger partial charge < -0.3 is 24.6 Å². The molecule has 1 unspecified atom stereocenters. The molecule has 0 aliphatic carbocycles. The van der Waals surface area contributed by atoms with E-state index in [4.69, 9.17) is 9.47 Å². The first-order valence-corrected chi connectivity index (χ1v) is 10.9. The minimum absolute atomic E-state index is 0.0632. The van der Waals surface area contributed by atoms with E-state index >= 15 is 0 Å². The van der Waals surface area contributed by atoms with Crippen molar-refractivity contribution in [2.45, 2.75) is 58.5 Å². The van der Waals surface area contributed by atoms with Crippen molar-refractivity contribution in [3.8, 4) is 5.75 Å². The van der Waals surface area contributed by atoms with E-state index in [0.717, 1.165) is 19.3 Å². The van der Waals surface area contributed by atoms with Crippen LogP contribution in [0.1, 0.15) is 52.9 Å². The van der Waals surface area contributed by atoms with Crippen molar-refractivity contribution < 1.29 is 23.9 Å². The van der Waals surface area contributed by atoms with Gasteiger partial charge in [-0.25, -0.2) is 4.79 Å². The Bertz CT molecular complexity index is 833. The number of nitrogens with zero attached hydrogens (tertiary/aromatic N) is 2. The predicted molar refractivity (Wildman–Crippen MR) is 118 cm³/mol. The summed E-state index contributed by atoms with van der Waals surface area (Å²) in [5, 5.41) is 2.95. The van der Waals surface area contributed by atoms with E-state index in [9.17, 15) is 14.4 Å². The molecule has 170 valence electrons. The molecule has 1 aromatic rings. The van der Waals surface area contributed by atoms with Crippen molar-refractivity contribution >= 4 is 29.3 Å². The lowest BCUT2D eigenvalue weighted by Gasteiger charge is -2.33. The molecule has 1 aromatic carbocycles. The van der Waals surface area contributed by atoms with E-state index in [1.54, 1.807) is 35.1 Å². The highest BCUT2D eigenvalue weighted by Crippen LogP contribution is 2.34. The molecule has 0 spiro atoms. The van der Waals surface area contributed by atoms with Gasteiger partial charge in [0.15, 0.2) is 0 Å². The Hall–Kier alpha value is -2.77. The molecule has 0 saturated carbocycles. The van der Waals surface area contributed by atoms with Gasteiger partial charge in [0.2, 0.25) is 11.8 Å². The third kappa shape index (κ3) is 5.89. The van der Waals surface area contributed by atoms with Crippen LogP contribution in [0, 0.1) is 5.92 Å². The number of anilines is 2. The smallest absolute Gasteiger partial charge is 0.410 e. The lowest BCUT2D eigenvalue weighted by atomic mass is 9.97. The molecule has 0 bridgehead atoms. The quantitative estimate of drug-likeness (QED) is 0.783. The second kappa shape index (κ2) is 9.58. The van der Waals surface area contributed by atoms with E-state index in [0.29, 0.717) is 49.6 Å². The van der Waals surface area contributed by atoms with E-state index in [1.165, 1.54) is 0 Å². The molecule has 0 radical (unpaired) electrons. The van der Waals surface area contributed by atoms with Gasteiger partial charge in [0, 0.05) is 31.7 Å². The number of methoxy groups -OCH3 is 1. The van der Waals surface area contributed by atoms with Gasteiger partial charge in [0.25, 0.3) is 0 Å². The van der Waals surface area contributed by atoms with Crippen LogP contribution in [0.4, 0.5) is 16.2 Å². The molecule has 8 heteroatoms. The number of benzene rings is 1. The third-order valence-electron chi connectivity index (χ3n) is 5.50. The molecule has 2 saturated heterocycles. The standard InChI is InChI=1S/C23H33N3O5/c1-23(2,3)31-22(29)25-12-7-8-16(15-25)21(28)24-17-10-11-19(30-4)18(14-17)26-13-6-5-9-20(26)27/h10-11,14,16H,5-9,12-13,15H2,1-4H3,(H,24,28). The number of nitrogens with one attached hydrogen (secondary N) is 1. The van der Waals surface area contributed by atoms with E-state index in [2.05, 4.69) is 5.32 Å². The number of hydrogen-bond donors (Lipinski definition) is 1. The highest BCUT2D eigenvalue weighted by Gasteiger charge is 2.31. The van der Waals surface area contributed by atoms with Crippen molar-refractivity contribution in [2.24, 2.45) is 5.92 Å². The van der Waals surface area contributed by atoms with Gasteiger partial charge in [0.1, 0.15) is 11.4 Å². The van der Waals surface area contributed by atoms with Crippen LogP contribution in [0.2, 0.25) is 0 Å². The monoisotopic (exact) mass is 431 g/mol. The molecule has 1 atom stereocenters. The molecule has 2 aliphatic heterocycles. The molecule has 2 heterocycles. The average molecular weight is 432 g/mol. The first-order valence-electron chi connectivity index (χ1n) is 10.9. The molecule has 8 nitrogen and oxygen atoms in total. The molecular formula is C23H33N3O5. The maximum absolute atomic E-state index is 12.9. The Kier molecular flexibility index (Phi) is 7.08. The zero-order chi connectivity index (χ0) is 22.6. The van der Waals surface area contributed by atoms with Crippen LogP contribution < -0.4 is 15.0 Å². The first kappa shape index (κ1) is 22.9. The number of carbonyl (C=O) groups excluding carboxylic acids is 3. The topological polar surface area (TPSA) is 88.2 Å². The van der Waals surface area contributed by atoms with Gasteiger partial charge in [-0.2, -0.15) is 0 Å². The van der Waals surface area contributed by atoms with Crippen LogP contribution in [0.5, 0.6) is 5.75 Å².